The van der Waals surface area contributed by atoms with Gasteiger partial charge in [-0.05, 0) is 36.4 Å². The summed E-state index contributed by atoms with van der Waals surface area (Å²) in [4.78, 5) is 26.3. The molecule has 0 unspecified atom stereocenters. The van der Waals surface area contributed by atoms with Crippen molar-refractivity contribution in [3.63, 3.8) is 0 Å². The summed E-state index contributed by atoms with van der Waals surface area (Å²) in [6.07, 6.45) is 1.30. The molecule has 3 aromatic rings. The van der Waals surface area contributed by atoms with Gasteiger partial charge >= 0.3 is 0 Å². The van der Waals surface area contributed by atoms with Crippen molar-refractivity contribution in [3.8, 4) is 0 Å². The van der Waals surface area contributed by atoms with Gasteiger partial charge < -0.3 is 5.32 Å². The average Bonchev–Trinajstić information content (AvgIpc) is 2.70. The normalized spacial score (nSPS) is 11.0. The highest BCUT2D eigenvalue weighted by Crippen LogP contribution is 2.24. The van der Waals surface area contributed by atoms with Gasteiger partial charge in [0.05, 0.1) is 19.9 Å². The number of nitrogens with zero attached hydrogens (tertiary/aromatic N) is 2. The molecule has 1 aromatic heterocycles. The number of amides is 1. The van der Waals surface area contributed by atoms with Crippen LogP contribution in [0.5, 0.6) is 0 Å². The molecule has 1 amide bonds. The number of rotatable bonds is 6. The maximum Gasteiger partial charge on any atom is 0.269 e. The van der Waals surface area contributed by atoms with Crippen molar-refractivity contribution < 1.29 is 18.1 Å². The molecular formula is C18H12Cl2N4O5S. The lowest BCUT2D eigenvalue weighted by molar-refractivity contribution is -0.384. The molecule has 0 fully saturated rings. The van der Waals surface area contributed by atoms with Gasteiger partial charge in [-0.25, -0.2) is 13.4 Å². The Morgan fingerprint density at radius 1 is 1.07 bits per heavy atom. The first-order chi connectivity index (χ1) is 14.2. The zero-order valence-electron chi connectivity index (χ0n) is 14.9. The lowest BCUT2D eigenvalue weighted by Gasteiger charge is -2.10. The summed E-state index contributed by atoms with van der Waals surface area (Å²) in [7, 11) is -4.05. The first kappa shape index (κ1) is 21.5. The van der Waals surface area contributed by atoms with E-state index in [1.54, 1.807) is 0 Å². The van der Waals surface area contributed by atoms with Crippen molar-refractivity contribution in [3.05, 3.63) is 86.5 Å². The third kappa shape index (κ3) is 5.03. The minimum atomic E-state index is -4.05. The van der Waals surface area contributed by atoms with Crippen LogP contribution in [0.15, 0.2) is 65.7 Å². The summed E-state index contributed by atoms with van der Waals surface area (Å²) < 4.78 is 27.5. The molecular weight excluding hydrogens is 455 g/mol. The van der Waals surface area contributed by atoms with Crippen molar-refractivity contribution in [2.75, 3.05) is 10.0 Å². The zero-order valence-corrected chi connectivity index (χ0v) is 17.2. The Bertz CT molecular complexity index is 1230. The molecule has 30 heavy (non-hydrogen) atoms. The van der Waals surface area contributed by atoms with Crippen LogP contribution in [0, 0.1) is 10.1 Å². The number of nitro groups is 1. The van der Waals surface area contributed by atoms with Gasteiger partial charge in [0, 0.05) is 29.6 Å². The van der Waals surface area contributed by atoms with Crippen LogP contribution in [0.25, 0.3) is 0 Å². The maximum atomic E-state index is 12.6. The van der Waals surface area contributed by atoms with Gasteiger partial charge in [-0.2, -0.15) is 0 Å². The minimum Gasteiger partial charge on any atom is -0.305 e. The Hall–Kier alpha value is -3.21. The van der Waals surface area contributed by atoms with Crippen molar-refractivity contribution in [2.45, 2.75) is 4.90 Å². The van der Waals surface area contributed by atoms with Crippen molar-refractivity contribution in [1.29, 1.82) is 0 Å². The number of aromatic nitrogens is 1. The third-order valence-corrected chi connectivity index (χ3v) is 5.65. The molecule has 0 saturated carbocycles. The molecule has 2 aromatic carbocycles. The van der Waals surface area contributed by atoms with Gasteiger partial charge in [-0.3, -0.25) is 19.6 Å². The van der Waals surface area contributed by atoms with E-state index in [-0.39, 0.29) is 32.7 Å². The number of carbonyl (C=O) groups is 1. The van der Waals surface area contributed by atoms with Gasteiger partial charge in [0.25, 0.3) is 21.6 Å². The number of halogens is 2. The molecule has 12 heteroatoms. The number of benzene rings is 2. The second-order valence-electron chi connectivity index (χ2n) is 5.88. The van der Waals surface area contributed by atoms with Crippen LogP contribution < -0.4 is 10.0 Å². The quantitative estimate of drug-likeness (QED) is 0.409. The minimum absolute atomic E-state index is 0.0504. The Morgan fingerprint density at radius 2 is 1.77 bits per heavy atom. The summed E-state index contributed by atoms with van der Waals surface area (Å²) in [6, 6.07) is 11.6. The van der Waals surface area contributed by atoms with Crippen LogP contribution in [-0.2, 0) is 10.0 Å². The Morgan fingerprint density at radius 3 is 2.40 bits per heavy atom. The van der Waals surface area contributed by atoms with E-state index in [4.69, 9.17) is 23.2 Å². The maximum absolute atomic E-state index is 12.6. The van der Waals surface area contributed by atoms with Gasteiger partial charge in [-0.1, -0.05) is 29.3 Å². The monoisotopic (exact) mass is 466 g/mol. The fraction of sp³-hybridized carbons (Fsp3) is 0. The van der Waals surface area contributed by atoms with Crippen LogP contribution in [0.3, 0.4) is 0 Å². The molecule has 2 N–H and O–H groups in total. The summed E-state index contributed by atoms with van der Waals surface area (Å²) in [6.45, 7) is 0. The van der Waals surface area contributed by atoms with Gasteiger partial charge in [-0.15, -0.1) is 0 Å². The molecule has 154 valence electrons. The van der Waals surface area contributed by atoms with Crippen LogP contribution in [0.2, 0.25) is 10.0 Å². The van der Waals surface area contributed by atoms with E-state index in [9.17, 15) is 23.3 Å². The number of sulfonamides is 1. The predicted molar refractivity (Wildman–Crippen MR) is 113 cm³/mol. The van der Waals surface area contributed by atoms with E-state index >= 15 is 0 Å². The van der Waals surface area contributed by atoms with E-state index in [0.29, 0.717) is 5.02 Å². The second kappa shape index (κ2) is 8.66. The number of hydrogen-bond donors (Lipinski definition) is 2. The predicted octanol–water partition coefficient (Wildman–Crippen LogP) is 4.35. The average molecular weight is 467 g/mol. The smallest absolute Gasteiger partial charge is 0.269 e. The summed E-state index contributed by atoms with van der Waals surface area (Å²) >= 11 is 11.7. The summed E-state index contributed by atoms with van der Waals surface area (Å²) in [5.74, 6) is -0.553. The van der Waals surface area contributed by atoms with Crippen molar-refractivity contribution in [1.82, 2.24) is 4.98 Å². The molecule has 0 spiro atoms. The second-order valence-corrected chi connectivity index (χ2v) is 8.40. The highest BCUT2D eigenvalue weighted by Gasteiger charge is 2.18. The summed E-state index contributed by atoms with van der Waals surface area (Å²) in [5, 5.41) is 13.6. The molecule has 3 rings (SSSR count). The number of hydrogen-bond acceptors (Lipinski definition) is 6. The molecule has 0 aliphatic rings. The molecule has 0 aliphatic heterocycles. The lowest BCUT2D eigenvalue weighted by Crippen LogP contribution is -2.16. The fourth-order valence-corrected chi connectivity index (χ4v) is 3.89. The molecule has 0 atom stereocenters. The Labute approximate surface area is 180 Å². The number of nitrogens with one attached hydrogen (secondary N) is 2. The standard InChI is InChI=1S/C18H12Cl2N4O5S/c19-12-9-16(20)17(21-10-12)22-18(25)11-2-1-3-15(8-11)30(28,29)23-13-4-6-14(7-5-13)24(26)27/h1-10,23H,(H,21,22,25). The number of carbonyl (C=O) groups excluding carboxylic acids is 1. The van der Waals surface area contributed by atoms with E-state index in [1.807, 2.05) is 0 Å². The number of anilines is 2. The van der Waals surface area contributed by atoms with Crippen molar-refractivity contribution >= 4 is 56.3 Å². The summed E-state index contributed by atoms with van der Waals surface area (Å²) in [5.41, 5.74) is 0.00748. The van der Waals surface area contributed by atoms with E-state index in [1.165, 1.54) is 60.8 Å². The topological polar surface area (TPSA) is 131 Å². The largest absolute Gasteiger partial charge is 0.305 e. The first-order valence-electron chi connectivity index (χ1n) is 8.15. The SMILES string of the molecule is O=C(Nc1ncc(Cl)cc1Cl)c1cccc(S(=O)(=O)Nc2ccc([N+](=O)[O-])cc2)c1. The van der Waals surface area contributed by atoms with Crippen molar-refractivity contribution in [2.24, 2.45) is 0 Å². The molecule has 0 aliphatic carbocycles. The Balaban J connectivity index is 1.80. The van der Waals surface area contributed by atoms with E-state index in [0.717, 1.165) is 0 Å². The molecule has 9 nitrogen and oxygen atoms in total. The lowest BCUT2D eigenvalue weighted by atomic mass is 10.2. The van der Waals surface area contributed by atoms with Crippen LogP contribution >= 0.6 is 23.2 Å². The van der Waals surface area contributed by atoms with Gasteiger partial charge in [0.15, 0.2) is 5.82 Å². The fourth-order valence-electron chi connectivity index (χ4n) is 2.36. The van der Waals surface area contributed by atoms with Crippen LogP contribution in [0.1, 0.15) is 10.4 Å². The molecule has 0 bridgehead atoms. The zero-order chi connectivity index (χ0) is 21.9. The highest BCUT2D eigenvalue weighted by atomic mass is 35.5. The number of pyridine rings is 1. The van der Waals surface area contributed by atoms with E-state index in [2.05, 4.69) is 15.0 Å². The van der Waals surface area contributed by atoms with Crippen LogP contribution in [-0.4, -0.2) is 24.2 Å². The van der Waals surface area contributed by atoms with Gasteiger partial charge in [0.1, 0.15) is 0 Å². The Kier molecular flexibility index (Phi) is 6.20. The number of non-ortho nitro benzene ring substituents is 1. The van der Waals surface area contributed by atoms with Crippen LogP contribution in [0.4, 0.5) is 17.2 Å². The van der Waals surface area contributed by atoms with Gasteiger partial charge in [0.2, 0.25) is 0 Å². The molecule has 0 radical (unpaired) electrons. The third-order valence-electron chi connectivity index (χ3n) is 3.78. The van der Waals surface area contributed by atoms with E-state index < -0.39 is 20.9 Å². The highest BCUT2D eigenvalue weighted by molar-refractivity contribution is 7.92. The molecule has 0 saturated heterocycles. The first-order valence-corrected chi connectivity index (χ1v) is 10.4. The number of nitro benzene ring substituents is 1. The molecule has 1 heterocycles.